The standard InChI is InChI=1S/C36H44N4O7S/c1-22-14-16-26(17-15-22)31-29(33(42)37-3)28-21-27(24-18-19-24)34(39(4)35(28)47-31)40(48(6,44)45)20-10-11-23(2)32(41)38-30(36(43)46-5)25-12-8-7-9-13-25/h7-9,12-17,21,23-24,30,35H,10-11,18-20H2,1-6H3,(H,37,42)(H,38,41)/t23-,30-,35?/m1/s1. The highest BCUT2D eigenvalue weighted by Gasteiger charge is 2.46. The van der Waals surface area contributed by atoms with Crippen LogP contribution < -0.4 is 10.6 Å². The van der Waals surface area contributed by atoms with E-state index in [1.165, 1.54) is 17.7 Å². The summed E-state index contributed by atoms with van der Waals surface area (Å²) in [6.45, 7) is 3.86. The van der Waals surface area contributed by atoms with Crippen LogP contribution >= 0.6 is 0 Å². The van der Waals surface area contributed by atoms with Crippen LogP contribution in [-0.4, -0.2) is 75.6 Å². The Morgan fingerprint density at radius 2 is 1.75 bits per heavy atom. The number of amides is 2. The number of ether oxygens (including phenoxy) is 2. The van der Waals surface area contributed by atoms with E-state index in [-0.39, 0.29) is 24.3 Å². The second-order valence-electron chi connectivity index (χ2n) is 12.6. The molecule has 2 aromatic rings. The van der Waals surface area contributed by atoms with Gasteiger partial charge in [0, 0.05) is 37.7 Å². The van der Waals surface area contributed by atoms with Crippen molar-refractivity contribution in [3.8, 4) is 0 Å². The molecule has 2 aliphatic heterocycles. The lowest BCUT2D eigenvalue weighted by Crippen LogP contribution is -2.46. The van der Waals surface area contributed by atoms with Crippen LogP contribution in [0.15, 0.2) is 83.2 Å². The molecule has 48 heavy (non-hydrogen) atoms. The SMILES string of the molecule is CNC(=O)C1=C(c2ccc(C)cc2)OC2C1=CC(C1CC1)=C(N(CCC[C@@H](C)C(=O)N[C@@H](C(=O)OC)c1ccccc1)S(C)(=O)=O)N2C. The number of rotatable bonds is 13. The fourth-order valence-corrected chi connectivity index (χ4v) is 7.19. The molecule has 2 amide bonds. The van der Waals surface area contributed by atoms with Gasteiger partial charge in [-0.15, -0.1) is 0 Å². The van der Waals surface area contributed by atoms with Crippen LogP contribution in [0.25, 0.3) is 5.76 Å². The van der Waals surface area contributed by atoms with Gasteiger partial charge in [0.15, 0.2) is 6.04 Å². The number of hydrogen-bond acceptors (Lipinski definition) is 8. The molecule has 1 aliphatic carbocycles. The van der Waals surface area contributed by atoms with E-state index in [4.69, 9.17) is 9.47 Å². The molecule has 0 bridgehead atoms. The first kappa shape index (κ1) is 34.7. The number of carbonyl (C=O) groups excluding carboxylic acids is 3. The zero-order chi connectivity index (χ0) is 34.7. The molecule has 1 saturated carbocycles. The molecule has 1 unspecified atom stereocenters. The second-order valence-corrected chi connectivity index (χ2v) is 14.5. The van der Waals surface area contributed by atoms with Crippen LogP contribution in [0, 0.1) is 18.8 Å². The minimum Gasteiger partial charge on any atom is -0.467 e. The van der Waals surface area contributed by atoms with Gasteiger partial charge >= 0.3 is 5.97 Å². The molecule has 0 saturated heterocycles. The van der Waals surface area contributed by atoms with E-state index >= 15 is 0 Å². The van der Waals surface area contributed by atoms with E-state index in [0.29, 0.717) is 41.1 Å². The maximum absolute atomic E-state index is 13.4. The van der Waals surface area contributed by atoms with Gasteiger partial charge in [0.2, 0.25) is 22.2 Å². The Hall–Kier alpha value is -4.58. The molecule has 2 aromatic carbocycles. The van der Waals surface area contributed by atoms with Gasteiger partial charge in [0.1, 0.15) is 11.6 Å². The first-order chi connectivity index (χ1) is 22.8. The molecule has 2 heterocycles. The van der Waals surface area contributed by atoms with Gasteiger partial charge in [-0.25, -0.2) is 13.2 Å². The van der Waals surface area contributed by atoms with Crippen molar-refractivity contribution >= 4 is 33.6 Å². The Morgan fingerprint density at radius 3 is 2.33 bits per heavy atom. The monoisotopic (exact) mass is 676 g/mol. The third-order valence-electron chi connectivity index (χ3n) is 8.99. The Morgan fingerprint density at radius 1 is 1.08 bits per heavy atom. The molecule has 0 spiro atoms. The summed E-state index contributed by atoms with van der Waals surface area (Å²) in [5, 5.41) is 5.54. The molecule has 1 fully saturated rings. The molecule has 0 aromatic heterocycles. The normalized spacial score (nSPS) is 18.8. The van der Waals surface area contributed by atoms with Crippen molar-refractivity contribution in [2.45, 2.75) is 51.8 Å². The summed E-state index contributed by atoms with van der Waals surface area (Å²) in [4.78, 5) is 40.8. The summed E-state index contributed by atoms with van der Waals surface area (Å²) in [5.41, 5.74) is 4.40. The summed E-state index contributed by atoms with van der Waals surface area (Å²) < 4.78 is 39.6. The van der Waals surface area contributed by atoms with Crippen LogP contribution in [0.1, 0.15) is 55.3 Å². The number of nitrogens with one attached hydrogen (secondary N) is 2. The van der Waals surface area contributed by atoms with E-state index < -0.39 is 34.2 Å². The van der Waals surface area contributed by atoms with Crippen molar-refractivity contribution in [3.05, 3.63) is 99.9 Å². The third kappa shape index (κ3) is 7.28. The smallest absolute Gasteiger partial charge is 0.333 e. The number of likely N-dealkylation sites (N-methyl/N-ethyl adjacent to an activating group) is 2. The van der Waals surface area contributed by atoms with Crippen LogP contribution in [-0.2, 0) is 33.9 Å². The lowest BCUT2D eigenvalue weighted by atomic mass is 9.94. The largest absolute Gasteiger partial charge is 0.467 e. The zero-order valence-corrected chi connectivity index (χ0v) is 29.1. The number of esters is 1. The summed E-state index contributed by atoms with van der Waals surface area (Å²) in [6, 6.07) is 15.6. The lowest BCUT2D eigenvalue weighted by molar-refractivity contribution is -0.145. The molecule has 256 valence electrons. The van der Waals surface area contributed by atoms with E-state index in [0.717, 1.165) is 29.5 Å². The van der Waals surface area contributed by atoms with E-state index in [1.54, 1.807) is 45.3 Å². The summed E-state index contributed by atoms with van der Waals surface area (Å²) in [7, 11) is 0.879. The van der Waals surface area contributed by atoms with Gasteiger partial charge in [-0.05, 0) is 55.7 Å². The lowest BCUT2D eigenvalue weighted by Gasteiger charge is -2.40. The fourth-order valence-electron chi connectivity index (χ4n) is 6.18. The number of methoxy groups -OCH3 is 1. The molecule has 3 atom stereocenters. The Bertz CT molecular complexity index is 1760. The van der Waals surface area contributed by atoms with Crippen LogP contribution in [0.2, 0.25) is 0 Å². The number of aryl methyl sites for hydroxylation is 1. The first-order valence-corrected chi connectivity index (χ1v) is 18.0. The molecular weight excluding hydrogens is 632 g/mol. The highest BCUT2D eigenvalue weighted by Crippen LogP contribution is 2.48. The number of carbonyl (C=O) groups is 3. The van der Waals surface area contributed by atoms with Gasteiger partial charge in [0.05, 0.1) is 18.9 Å². The van der Waals surface area contributed by atoms with Gasteiger partial charge in [-0.1, -0.05) is 67.1 Å². The topological polar surface area (TPSA) is 134 Å². The van der Waals surface area contributed by atoms with Gasteiger partial charge in [0.25, 0.3) is 5.91 Å². The predicted molar refractivity (Wildman–Crippen MR) is 182 cm³/mol. The van der Waals surface area contributed by atoms with Crippen LogP contribution in [0.4, 0.5) is 0 Å². The number of sulfonamides is 1. The quantitative estimate of drug-likeness (QED) is 0.304. The molecular formula is C36H44N4O7S. The maximum atomic E-state index is 13.4. The maximum Gasteiger partial charge on any atom is 0.333 e. The minimum absolute atomic E-state index is 0.127. The average Bonchev–Trinajstić information content (AvgIpc) is 3.85. The highest BCUT2D eigenvalue weighted by molar-refractivity contribution is 7.88. The molecule has 2 N–H and O–H groups in total. The molecule has 5 rings (SSSR count). The van der Waals surface area contributed by atoms with Gasteiger partial charge in [-0.3, -0.25) is 13.9 Å². The number of fused-ring (bicyclic) bond motifs is 1. The van der Waals surface area contributed by atoms with Crippen molar-refractivity contribution in [2.75, 3.05) is 34.0 Å². The third-order valence-corrected chi connectivity index (χ3v) is 10.1. The molecule has 3 aliphatic rings. The van der Waals surface area contributed by atoms with Crippen molar-refractivity contribution < 1.29 is 32.3 Å². The van der Waals surface area contributed by atoms with Crippen molar-refractivity contribution in [1.29, 1.82) is 0 Å². The van der Waals surface area contributed by atoms with Crippen molar-refractivity contribution in [2.24, 2.45) is 11.8 Å². The molecule has 0 radical (unpaired) electrons. The number of nitrogens with zero attached hydrogens (tertiary/aromatic N) is 2. The van der Waals surface area contributed by atoms with Gasteiger partial charge in [-0.2, -0.15) is 0 Å². The number of allylic oxidation sites excluding steroid dienone is 2. The highest BCUT2D eigenvalue weighted by atomic mass is 32.2. The fraction of sp³-hybridized carbons (Fsp3) is 0.417. The van der Waals surface area contributed by atoms with Crippen molar-refractivity contribution in [1.82, 2.24) is 19.8 Å². The van der Waals surface area contributed by atoms with E-state index in [1.807, 2.05) is 48.2 Å². The first-order valence-electron chi connectivity index (χ1n) is 16.2. The molecule has 12 heteroatoms. The summed E-state index contributed by atoms with van der Waals surface area (Å²) in [6.07, 6.45) is 4.96. The predicted octanol–water partition coefficient (Wildman–Crippen LogP) is 4.01. The zero-order valence-electron chi connectivity index (χ0n) is 28.3. The molecule has 11 nitrogen and oxygen atoms in total. The van der Waals surface area contributed by atoms with Gasteiger partial charge < -0.3 is 25.0 Å². The second kappa shape index (κ2) is 14.3. The Kier molecular flexibility index (Phi) is 10.3. The van der Waals surface area contributed by atoms with Crippen molar-refractivity contribution in [3.63, 3.8) is 0 Å². The number of benzene rings is 2. The van der Waals surface area contributed by atoms with E-state index in [9.17, 15) is 22.8 Å². The number of hydrogen-bond donors (Lipinski definition) is 2. The minimum atomic E-state index is -3.76. The Labute approximate surface area is 282 Å². The summed E-state index contributed by atoms with van der Waals surface area (Å²) >= 11 is 0. The summed E-state index contributed by atoms with van der Waals surface area (Å²) in [5.74, 6) is -0.596. The van der Waals surface area contributed by atoms with Crippen LogP contribution in [0.3, 0.4) is 0 Å². The average molecular weight is 677 g/mol. The van der Waals surface area contributed by atoms with E-state index in [2.05, 4.69) is 10.6 Å². The Balaban J connectivity index is 1.39. The van der Waals surface area contributed by atoms with Crippen LogP contribution in [0.5, 0.6) is 0 Å².